The van der Waals surface area contributed by atoms with Crippen LogP contribution in [0.5, 0.6) is 0 Å². The maximum Gasteiger partial charge on any atom is 0.227 e. The second-order valence-electron chi connectivity index (χ2n) is 5.12. The van der Waals surface area contributed by atoms with Gasteiger partial charge < -0.3 is 15.3 Å². The monoisotopic (exact) mass is 210 g/mol. The average Bonchev–Trinajstić information content (AvgIpc) is 2.90. The van der Waals surface area contributed by atoms with Gasteiger partial charge >= 0.3 is 0 Å². The molecule has 0 saturated carbocycles. The fourth-order valence-electron chi connectivity index (χ4n) is 3.27. The minimum absolute atomic E-state index is 0.189. The summed E-state index contributed by atoms with van der Waals surface area (Å²) in [6.07, 6.45) is 3.85. The Kier molecular flexibility index (Phi) is 2.21. The fraction of sp³-hybridized carbons (Fsp3) is 0.909. The third kappa shape index (κ3) is 1.56. The van der Waals surface area contributed by atoms with E-state index in [1.54, 1.807) is 0 Å². The maximum absolute atomic E-state index is 12.2. The van der Waals surface area contributed by atoms with E-state index < -0.39 is 0 Å². The first kappa shape index (κ1) is 9.60. The predicted octanol–water partition coefficient (Wildman–Crippen LogP) is -0.280. The van der Waals surface area contributed by atoms with Gasteiger partial charge in [0.25, 0.3) is 0 Å². The zero-order chi connectivity index (χ0) is 10.4. The Morgan fingerprint density at radius 3 is 2.73 bits per heavy atom. The quantitative estimate of drug-likeness (QED) is 0.626. The summed E-state index contributed by atoms with van der Waals surface area (Å²) in [5, 5.41) is 12.9. The van der Waals surface area contributed by atoms with Crippen LogP contribution in [0, 0.1) is 5.92 Å². The first-order valence-corrected chi connectivity index (χ1v) is 5.97. The number of fused-ring (bicyclic) bond motifs is 2. The number of amides is 1. The van der Waals surface area contributed by atoms with Crippen molar-refractivity contribution in [2.75, 3.05) is 13.1 Å². The number of hydrogen-bond acceptors (Lipinski definition) is 3. The Hall–Kier alpha value is -0.610. The Morgan fingerprint density at radius 2 is 2.20 bits per heavy atom. The number of carbonyl (C=O) groups excluding carboxylic acids is 1. The molecule has 0 spiro atoms. The highest BCUT2D eigenvalue weighted by molar-refractivity contribution is 5.80. The second-order valence-corrected chi connectivity index (χ2v) is 5.12. The maximum atomic E-state index is 12.2. The smallest absolute Gasteiger partial charge is 0.227 e. The van der Waals surface area contributed by atoms with E-state index in [0.29, 0.717) is 18.6 Å². The molecular formula is C11H18N2O2. The van der Waals surface area contributed by atoms with Crippen molar-refractivity contribution in [1.29, 1.82) is 0 Å². The number of hydrogen-bond donors (Lipinski definition) is 2. The van der Waals surface area contributed by atoms with Gasteiger partial charge in [-0.3, -0.25) is 4.79 Å². The highest BCUT2D eigenvalue weighted by Gasteiger charge is 2.44. The number of aliphatic hydroxyl groups excluding tert-OH is 1. The van der Waals surface area contributed by atoms with Gasteiger partial charge in [0.05, 0.1) is 12.0 Å². The van der Waals surface area contributed by atoms with Crippen molar-refractivity contribution in [3.8, 4) is 0 Å². The number of β-amino-alcohol motifs (C(OH)–C–C–N with tert-alkyl or cyclic N) is 1. The largest absolute Gasteiger partial charge is 0.391 e. The predicted molar refractivity (Wildman–Crippen MR) is 55.3 cm³/mol. The molecule has 4 heteroatoms. The van der Waals surface area contributed by atoms with Crippen molar-refractivity contribution in [2.45, 2.75) is 43.9 Å². The number of likely N-dealkylation sites (tertiary alicyclic amines) is 1. The first-order valence-electron chi connectivity index (χ1n) is 5.97. The Balaban J connectivity index is 1.65. The summed E-state index contributed by atoms with van der Waals surface area (Å²) < 4.78 is 0. The molecular weight excluding hydrogens is 192 g/mol. The number of aliphatic hydroxyl groups is 1. The van der Waals surface area contributed by atoms with E-state index in [4.69, 9.17) is 0 Å². The first-order chi connectivity index (χ1) is 7.24. The third-order valence-electron chi connectivity index (χ3n) is 4.09. The number of rotatable bonds is 1. The summed E-state index contributed by atoms with van der Waals surface area (Å²) in [6.45, 7) is 1.29. The number of nitrogens with one attached hydrogen (secondary N) is 1. The lowest BCUT2D eigenvalue weighted by Gasteiger charge is -2.25. The summed E-state index contributed by atoms with van der Waals surface area (Å²) in [5.41, 5.74) is 0. The van der Waals surface area contributed by atoms with E-state index in [0.717, 1.165) is 25.8 Å². The van der Waals surface area contributed by atoms with E-state index in [1.807, 2.05) is 4.90 Å². The van der Waals surface area contributed by atoms with E-state index in [-0.39, 0.29) is 17.9 Å². The molecule has 2 N–H and O–H groups in total. The molecule has 3 aliphatic rings. The lowest BCUT2D eigenvalue weighted by molar-refractivity contribution is -0.135. The van der Waals surface area contributed by atoms with Gasteiger partial charge in [-0.15, -0.1) is 0 Å². The van der Waals surface area contributed by atoms with Crippen molar-refractivity contribution >= 4 is 5.91 Å². The molecule has 15 heavy (non-hydrogen) atoms. The molecule has 4 atom stereocenters. The molecule has 2 bridgehead atoms. The van der Waals surface area contributed by atoms with Gasteiger partial charge in [-0.2, -0.15) is 0 Å². The van der Waals surface area contributed by atoms with E-state index >= 15 is 0 Å². The van der Waals surface area contributed by atoms with Gasteiger partial charge in [-0.25, -0.2) is 0 Å². The average molecular weight is 210 g/mol. The van der Waals surface area contributed by atoms with Crippen LogP contribution < -0.4 is 5.32 Å². The molecule has 3 unspecified atom stereocenters. The van der Waals surface area contributed by atoms with Crippen LogP contribution in [-0.2, 0) is 4.79 Å². The van der Waals surface area contributed by atoms with Crippen LogP contribution >= 0.6 is 0 Å². The van der Waals surface area contributed by atoms with E-state index in [9.17, 15) is 9.90 Å². The van der Waals surface area contributed by atoms with Gasteiger partial charge in [-0.1, -0.05) is 0 Å². The van der Waals surface area contributed by atoms with Crippen molar-refractivity contribution in [3.05, 3.63) is 0 Å². The Labute approximate surface area is 89.6 Å². The van der Waals surface area contributed by atoms with Crippen molar-refractivity contribution in [2.24, 2.45) is 5.92 Å². The molecule has 3 heterocycles. The second kappa shape index (κ2) is 3.46. The molecule has 3 saturated heterocycles. The van der Waals surface area contributed by atoms with Gasteiger partial charge in [0, 0.05) is 25.2 Å². The highest BCUT2D eigenvalue weighted by Crippen LogP contribution is 2.34. The summed E-state index contributed by atoms with van der Waals surface area (Å²) >= 11 is 0. The van der Waals surface area contributed by atoms with Gasteiger partial charge in [0.2, 0.25) is 5.91 Å². The van der Waals surface area contributed by atoms with Crippen LogP contribution in [0.1, 0.15) is 25.7 Å². The van der Waals surface area contributed by atoms with Crippen LogP contribution in [-0.4, -0.2) is 47.2 Å². The highest BCUT2D eigenvalue weighted by atomic mass is 16.3. The third-order valence-corrected chi connectivity index (χ3v) is 4.09. The summed E-state index contributed by atoms with van der Waals surface area (Å²) in [6, 6.07) is 0.997. The summed E-state index contributed by atoms with van der Waals surface area (Å²) in [5.74, 6) is 0.459. The van der Waals surface area contributed by atoms with Crippen LogP contribution in [0.2, 0.25) is 0 Å². The minimum atomic E-state index is -0.291. The molecule has 84 valence electrons. The topological polar surface area (TPSA) is 52.6 Å². The molecule has 3 fully saturated rings. The van der Waals surface area contributed by atoms with E-state index in [2.05, 4.69) is 5.32 Å². The molecule has 0 aromatic rings. The van der Waals surface area contributed by atoms with E-state index in [1.165, 1.54) is 6.42 Å². The van der Waals surface area contributed by atoms with Gasteiger partial charge in [0.15, 0.2) is 0 Å². The zero-order valence-corrected chi connectivity index (χ0v) is 8.85. The van der Waals surface area contributed by atoms with Crippen molar-refractivity contribution in [3.63, 3.8) is 0 Å². The number of carbonyl (C=O) groups is 1. The molecule has 3 aliphatic heterocycles. The normalized spacial score (nSPS) is 43.9. The lowest BCUT2D eigenvalue weighted by atomic mass is 9.88. The van der Waals surface area contributed by atoms with Gasteiger partial charge in [-0.05, 0) is 25.7 Å². The molecule has 0 aromatic heterocycles. The Morgan fingerprint density at radius 1 is 1.33 bits per heavy atom. The molecule has 1 amide bonds. The van der Waals surface area contributed by atoms with Crippen LogP contribution in [0.3, 0.4) is 0 Å². The molecule has 0 aromatic carbocycles. The molecule has 4 nitrogen and oxygen atoms in total. The standard InChI is InChI=1S/C11H18N2O2/c14-8-3-4-13(6-8)11(15)9-5-7-1-2-10(9)12-7/h7-10,12,14H,1-6H2/t7?,8-,9?,10?/m0/s1. The van der Waals surface area contributed by atoms with Crippen LogP contribution in [0.15, 0.2) is 0 Å². The molecule has 0 aliphatic carbocycles. The summed E-state index contributed by atoms with van der Waals surface area (Å²) in [4.78, 5) is 14.0. The lowest BCUT2D eigenvalue weighted by Crippen LogP contribution is -2.40. The SMILES string of the molecule is O=C(C1CC2CCC1N2)N1CC[C@H](O)C1. The minimum Gasteiger partial charge on any atom is -0.391 e. The molecule has 0 radical (unpaired) electrons. The fourth-order valence-corrected chi connectivity index (χ4v) is 3.27. The van der Waals surface area contributed by atoms with Crippen molar-refractivity contribution < 1.29 is 9.90 Å². The van der Waals surface area contributed by atoms with Crippen LogP contribution in [0.25, 0.3) is 0 Å². The van der Waals surface area contributed by atoms with Crippen molar-refractivity contribution in [1.82, 2.24) is 10.2 Å². The zero-order valence-electron chi connectivity index (χ0n) is 8.85. The summed E-state index contributed by atoms with van der Waals surface area (Å²) in [7, 11) is 0. The number of nitrogens with zero attached hydrogens (tertiary/aromatic N) is 1. The molecule has 3 rings (SSSR count). The van der Waals surface area contributed by atoms with Gasteiger partial charge in [0.1, 0.15) is 0 Å². The Bertz CT molecular complexity index is 282. The van der Waals surface area contributed by atoms with Crippen LogP contribution in [0.4, 0.5) is 0 Å².